The molecular formula is C18H18N2O. The van der Waals surface area contributed by atoms with Crippen LogP contribution in [-0.4, -0.2) is 22.3 Å². The zero-order valence-corrected chi connectivity index (χ0v) is 11.9. The molecule has 1 amide bonds. The topological polar surface area (TPSA) is 33.2 Å². The minimum atomic E-state index is 0.0816. The van der Waals surface area contributed by atoms with E-state index >= 15 is 0 Å². The van der Waals surface area contributed by atoms with E-state index in [1.165, 1.54) is 5.56 Å². The molecule has 0 aliphatic carbocycles. The molecule has 2 heterocycles. The highest BCUT2D eigenvalue weighted by Crippen LogP contribution is 2.31. The van der Waals surface area contributed by atoms with Crippen molar-refractivity contribution >= 4 is 12.0 Å². The van der Waals surface area contributed by atoms with Crippen molar-refractivity contribution < 1.29 is 4.79 Å². The van der Waals surface area contributed by atoms with Crippen LogP contribution in [0.4, 0.5) is 0 Å². The molecule has 106 valence electrons. The van der Waals surface area contributed by atoms with E-state index in [1.807, 2.05) is 41.3 Å². The Morgan fingerprint density at radius 1 is 1.14 bits per heavy atom. The molecule has 1 aromatic heterocycles. The van der Waals surface area contributed by atoms with Gasteiger partial charge in [-0.2, -0.15) is 0 Å². The first-order valence-corrected chi connectivity index (χ1v) is 7.28. The molecule has 21 heavy (non-hydrogen) atoms. The van der Waals surface area contributed by atoms with Crippen molar-refractivity contribution in [2.75, 3.05) is 6.54 Å². The van der Waals surface area contributed by atoms with Crippen LogP contribution < -0.4 is 0 Å². The van der Waals surface area contributed by atoms with Gasteiger partial charge >= 0.3 is 0 Å². The van der Waals surface area contributed by atoms with E-state index in [1.54, 1.807) is 18.5 Å². The number of carbonyl (C=O) groups is 1. The maximum atomic E-state index is 12.4. The third-order valence-electron chi connectivity index (χ3n) is 3.84. The first kappa shape index (κ1) is 13.6. The second kappa shape index (κ2) is 6.35. The van der Waals surface area contributed by atoms with Gasteiger partial charge in [0, 0.05) is 25.0 Å². The summed E-state index contributed by atoms with van der Waals surface area (Å²) in [6.07, 6.45) is 9.08. The quantitative estimate of drug-likeness (QED) is 0.806. The highest BCUT2D eigenvalue weighted by molar-refractivity contribution is 5.92. The number of rotatable bonds is 3. The number of amides is 1. The van der Waals surface area contributed by atoms with E-state index < -0.39 is 0 Å². The lowest BCUT2D eigenvalue weighted by Gasteiger charge is -2.23. The van der Waals surface area contributed by atoms with Gasteiger partial charge in [-0.05, 0) is 42.2 Å². The molecule has 3 heteroatoms. The molecule has 1 aromatic carbocycles. The average molecular weight is 278 g/mol. The van der Waals surface area contributed by atoms with E-state index in [9.17, 15) is 4.79 Å². The monoisotopic (exact) mass is 278 g/mol. The highest BCUT2D eigenvalue weighted by Gasteiger charge is 2.28. The smallest absolute Gasteiger partial charge is 0.247 e. The minimum absolute atomic E-state index is 0.0816. The number of benzene rings is 1. The van der Waals surface area contributed by atoms with Gasteiger partial charge in [-0.3, -0.25) is 9.78 Å². The molecule has 3 rings (SSSR count). The van der Waals surface area contributed by atoms with Gasteiger partial charge in [-0.1, -0.05) is 30.3 Å². The van der Waals surface area contributed by atoms with Crippen molar-refractivity contribution in [1.82, 2.24) is 9.88 Å². The Bertz CT molecular complexity index is 622. The fraction of sp³-hybridized carbons (Fsp3) is 0.222. The van der Waals surface area contributed by atoms with Gasteiger partial charge in [0.25, 0.3) is 0 Å². The summed E-state index contributed by atoms with van der Waals surface area (Å²) in [4.78, 5) is 18.4. The van der Waals surface area contributed by atoms with Gasteiger partial charge in [0.1, 0.15) is 0 Å². The lowest BCUT2D eigenvalue weighted by molar-refractivity contribution is -0.126. The Labute approximate surface area is 124 Å². The van der Waals surface area contributed by atoms with E-state index in [2.05, 4.69) is 17.1 Å². The molecule has 2 aromatic rings. The van der Waals surface area contributed by atoms with Crippen LogP contribution in [0.15, 0.2) is 60.9 Å². The summed E-state index contributed by atoms with van der Waals surface area (Å²) >= 11 is 0. The van der Waals surface area contributed by atoms with Crippen LogP contribution in [0.5, 0.6) is 0 Å². The molecule has 1 aliphatic heterocycles. The Kier molecular flexibility index (Phi) is 4.10. The molecule has 3 nitrogen and oxygen atoms in total. The highest BCUT2D eigenvalue weighted by atomic mass is 16.2. The fourth-order valence-electron chi connectivity index (χ4n) is 2.79. The number of carbonyl (C=O) groups excluding carboxylic acids is 1. The molecule has 1 unspecified atom stereocenters. The van der Waals surface area contributed by atoms with Crippen LogP contribution in [0.2, 0.25) is 0 Å². The SMILES string of the molecule is O=C(/C=C/c1ccncc1)N1CCCC1c1ccccc1. The molecule has 0 bridgehead atoms. The van der Waals surface area contributed by atoms with Crippen LogP contribution in [0.25, 0.3) is 6.08 Å². The lowest BCUT2D eigenvalue weighted by atomic mass is 10.0. The normalized spacial score (nSPS) is 18.3. The number of nitrogens with zero attached hydrogens (tertiary/aromatic N) is 2. The molecule has 1 aliphatic rings. The van der Waals surface area contributed by atoms with E-state index in [0.29, 0.717) is 0 Å². The van der Waals surface area contributed by atoms with E-state index in [-0.39, 0.29) is 11.9 Å². The number of aromatic nitrogens is 1. The van der Waals surface area contributed by atoms with Gasteiger partial charge in [-0.15, -0.1) is 0 Å². The summed E-state index contributed by atoms with van der Waals surface area (Å²) in [6.45, 7) is 0.832. The van der Waals surface area contributed by atoms with Crippen molar-refractivity contribution in [3.05, 3.63) is 72.1 Å². The Balaban J connectivity index is 1.73. The molecule has 1 atom stereocenters. The molecule has 0 saturated carbocycles. The van der Waals surface area contributed by atoms with Gasteiger partial charge in [0.15, 0.2) is 0 Å². The number of hydrogen-bond acceptors (Lipinski definition) is 2. The average Bonchev–Trinajstić information content (AvgIpc) is 3.04. The van der Waals surface area contributed by atoms with Crippen LogP contribution in [0.3, 0.4) is 0 Å². The molecule has 1 saturated heterocycles. The third-order valence-corrected chi connectivity index (χ3v) is 3.84. The van der Waals surface area contributed by atoms with Crippen molar-refractivity contribution in [3.8, 4) is 0 Å². The zero-order chi connectivity index (χ0) is 14.5. The van der Waals surface area contributed by atoms with Crippen molar-refractivity contribution in [3.63, 3.8) is 0 Å². The van der Waals surface area contributed by atoms with Gasteiger partial charge in [-0.25, -0.2) is 0 Å². The van der Waals surface area contributed by atoms with Gasteiger partial charge < -0.3 is 4.90 Å². The molecule has 0 N–H and O–H groups in total. The Morgan fingerprint density at radius 3 is 2.67 bits per heavy atom. The predicted molar refractivity (Wildman–Crippen MR) is 83.4 cm³/mol. The van der Waals surface area contributed by atoms with Gasteiger partial charge in [0.05, 0.1) is 6.04 Å². The van der Waals surface area contributed by atoms with Crippen molar-refractivity contribution in [1.29, 1.82) is 0 Å². The second-order valence-corrected chi connectivity index (χ2v) is 5.21. The lowest BCUT2D eigenvalue weighted by Crippen LogP contribution is -2.28. The maximum absolute atomic E-state index is 12.4. The Hall–Kier alpha value is -2.42. The van der Waals surface area contributed by atoms with Gasteiger partial charge in [0.2, 0.25) is 5.91 Å². The first-order chi connectivity index (χ1) is 10.3. The largest absolute Gasteiger partial charge is 0.332 e. The summed E-state index contributed by atoms with van der Waals surface area (Å²) in [7, 11) is 0. The van der Waals surface area contributed by atoms with E-state index in [0.717, 1.165) is 24.9 Å². The summed E-state index contributed by atoms with van der Waals surface area (Å²) < 4.78 is 0. The van der Waals surface area contributed by atoms with Crippen LogP contribution in [0, 0.1) is 0 Å². The maximum Gasteiger partial charge on any atom is 0.247 e. The summed E-state index contributed by atoms with van der Waals surface area (Å²) in [5.74, 6) is 0.0816. The van der Waals surface area contributed by atoms with Crippen molar-refractivity contribution in [2.45, 2.75) is 18.9 Å². The van der Waals surface area contributed by atoms with E-state index in [4.69, 9.17) is 0 Å². The molecular weight excluding hydrogens is 260 g/mol. The third kappa shape index (κ3) is 3.19. The molecule has 0 radical (unpaired) electrons. The summed E-state index contributed by atoms with van der Waals surface area (Å²) in [5, 5.41) is 0. The fourth-order valence-corrected chi connectivity index (χ4v) is 2.79. The minimum Gasteiger partial charge on any atom is -0.332 e. The van der Waals surface area contributed by atoms with Crippen LogP contribution >= 0.6 is 0 Å². The van der Waals surface area contributed by atoms with Crippen molar-refractivity contribution in [2.24, 2.45) is 0 Å². The summed E-state index contributed by atoms with van der Waals surface area (Å²) in [5.41, 5.74) is 2.22. The molecule has 1 fully saturated rings. The number of pyridine rings is 1. The molecule has 0 spiro atoms. The number of hydrogen-bond donors (Lipinski definition) is 0. The first-order valence-electron chi connectivity index (χ1n) is 7.28. The number of likely N-dealkylation sites (tertiary alicyclic amines) is 1. The predicted octanol–water partition coefficient (Wildman–Crippen LogP) is 3.46. The Morgan fingerprint density at radius 2 is 1.90 bits per heavy atom. The van der Waals surface area contributed by atoms with Crippen LogP contribution in [-0.2, 0) is 4.79 Å². The summed E-state index contributed by atoms with van der Waals surface area (Å²) in [6, 6.07) is 14.3. The second-order valence-electron chi connectivity index (χ2n) is 5.21. The standard InChI is InChI=1S/C18H18N2O/c21-18(9-8-15-10-12-19-13-11-15)20-14-4-7-17(20)16-5-2-1-3-6-16/h1-3,5-6,8-13,17H,4,7,14H2/b9-8+. The zero-order valence-electron chi connectivity index (χ0n) is 11.9. The van der Waals surface area contributed by atoms with Crippen LogP contribution in [0.1, 0.15) is 30.0 Å².